The van der Waals surface area contributed by atoms with E-state index in [4.69, 9.17) is 0 Å². The minimum absolute atomic E-state index is 0.741. The highest BCUT2D eigenvalue weighted by molar-refractivity contribution is 7.80. The molecule has 0 spiro atoms. The van der Waals surface area contributed by atoms with Gasteiger partial charge in [-0.25, -0.2) is 4.98 Å². The van der Waals surface area contributed by atoms with Crippen molar-refractivity contribution in [1.82, 2.24) is 9.97 Å². The third kappa shape index (κ3) is 2.32. The van der Waals surface area contributed by atoms with Crippen LogP contribution in [0.4, 0.5) is 0 Å². The molecule has 0 saturated heterocycles. The second-order valence-electron chi connectivity index (χ2n) is 4.09. The molecule has 0 radical (unpaired) electrons. The van der Waals surface area contributed by atoms with E-state index in [1.54, 1.807) is 0 Å². The minimum Gasteiger partial charge on any atom is -0.346 e. The molecule has 2 nitrogen and oxygen atoms in total. The van der Waals surface area contributed by atoms with Gasteiger partial charge >= 0.3 is 0 Å². The summed E-state index contributed by atoms with van der Waals surface area (Å²) in [5.74, 6) is 2.71. The number of aromatic nitrogens is 2. The normalized spacial score (nSPS) is 18.6. The molecule has 1 N–H and O–H groups in total. The molecule has 0 amide bonds. The van der Waals surface area contributed by atoms with Crippen molar-refractivity contribution in [3.05, 3.63) is 17.7 Å². The van der Waals surface area contributed by atoms with Crippen LogP contribution in [0.1, 0.15) is 49.5 Å². The van der Waals surface area contributed by atoms with E-state index in [1.165, 1.54) is 37.8 Å². The van der Waals surface area contributed by atoms with Gasteiger partial charge in [-0.2, -0.15) is 12.6 Å². The molecule has 1 fully saturated rings. The molecule has 1 aromatic rings. The largest absolute Gasteiger partial charge is 0.346 e. The molecule has 3 heteroatoms. The number of aromatic amines is 1. The zero-order chi connectivity index (χ0) is 9.80. The molecule has 14 heavy (non-hydrogen) atoms. The fraction of sp³-hybridized carbons (Fsp3) is 0.727. The Hall–Kier alpha value is -0.440. The van der Waals surface area contributed by atoms with Crippen LogP contribution in [0.25, 0.3) is 0 Å². The molecule has 78 valence electrons. The van der Waals surface area contributed by atoms with Crippen molar-refractivity contribution in [2.24, 2.45) is 0 Å². The van der Waals surface area contributed by atoms with Gasteiger partial charge in [-0.3, -0.25) is 0 Å². The van der Waals surface area contributed by atoms with Gasteiger partial charge in [0.05, 0.1) is 0 Å². The van der Waals surface area contributed by atoms with Gasteiger partial charge in [0, 0.05) is 24.2 Å². The molecule has 0 bridgehead atoms. The van der Waals surface area contributed by atoms with Gasteiger partial charge in [0.2, 0.25) is 0 Å². The second-order valence-corrected chi connectivity index (χ2v) is 4.54. The van der Waals surface area contributed by atoms with Crippen LogP contribution >= 0.6 is 12.6 Å². The summed E-state index contributed by atoms with van der Waals surface area (Å²) in [6, 6.07) is 0. The van der Waals surface area contributed by atoms with E-state index in [9.17, 15) is 0 Å². The number of nitrogens with one attached hydrogen (secondary N) is 1. The summed E-state index contributed by atoms with van der Waals surface area (Å²) in [6.07, 6.45) is 9.82. The number of aryl methyl sites for hydroxylation is 1. The van der Waals surface area contributed by atoms with Crippen LogP contribution in [-0.2, 0) is 6.42 Å². The van der Waals surface area contributed by atoms with E-state index in [-0.39, 0.29) is 0 Å². The lowest BCUT2D eigenvalue weighted by Gasteiger charge is -2.19. The van der Waals surface area contributed by atoms with Gasteiger partial charge in [-0.1, -0.05) is 19.3 Å². The highest BCUT2D eigenvalue weighted by Crippen LogP contribution is 2.31. The van der Waals surface area contributed by atoms with Gasteiger partial charge in [0.15, 0.2) is 0 Å². The molecule has 1 heterocycles. The second kappa shape index (κ2) is 4.87. The molecular weight excluding hydrogens is 192 g/mol. The number of thiol groups is 1. The average molecular weight is 210 g/mol. The van der Waals surface area contributed by atoms with Crippen molar-refractivity contribution in [2.45, 2.75) is 44.4 Å². The maximum absolute atomic E-state index is 4.38. The monoisotopic (exact) mass is 210 g/mol. The smallest absolute Gasteiger partial charge is 0.107 e. The lowest BCUT2D eigenvalue weighted by molar-refractivity contribution is 0.437. The zero-order valence-electron chi connectivity index (χ0n) is 8.50. The predicted octanol–water partition coefficient (Wildman–Crippen LogP) is 2.93. The van der Waals surface area contributed by atoms with Crippen molar-refractivity contribution >= 4 is 12.6 Å². The minimum atomic E-state index is 0.741. The van der Waals surface area contributed by atoms with Gasteiger partial charge in [0.25, 0.3) is 0 Å². The number of H-pyrrole nitrogens is 1. The number of hydrogen-bond acceptors (Lipinski definition) is 2. The molecular formula is C11H18N2S. The number of nitrogens with zero attached hydrogens (tertiary/aromatic N) is 1. The van der Waals surface area contributed by atoms with Gasteiger partial charge in [0.1, 0.15) is 5.82 Å². The fourth-order valence-electron chi connectivity index (χ4n) is 2.23. The summed E-state index contributed by atoms with van der Waals surface area (Å²) in [4.78, 5) is 7.80. The fourth-order valence-corrected chi connectivity index (χ4v) is 2.44. The number of hydrogen-bond donors (Lipinski definition) is 2. The Morgan fingerprint density at radius 1 is 1.36 bits per heavy atom. The maximum Gasteiger partial charge on any atom is 0.107 e. The summed E-state index contributed by atoms with van der Waals surface area (Å²) < 4.78 is 0. The van der Waals surface area contributed by atoms with E-state index < -0.39 is 0 Å². The molecule has 1 aromatic heterocycles. The van der Waals surface area contributed by atoms with E-state index in [0.29, 0.717) is 0 Å². The van der Waals surface area contributed by atoms with Crippen LogP contribution in [0, 0.1) is 0 Å². The molecule has 2 rings (SSSR count). The van der Waals surface area contributed by atoms with Crippen LogP contribution in [-0.4, -0.2) is 15.7 Å². The van der Waals surface area contributed by atoms with Crippen LogP contribution < -0.4 is 0 Å². The van der Waals surface area contributed by atoms with Gasteiger partial charge < -0.3 is 4.98 Å². The van der Waals surface area contributed by atoms with Crippen molar-refractivity contribution in [2.75, 3.05) is 5.75 Å². The van der Waals surface area contributed by atoms with Crippen molar-refractivity contribution in [3.8, 4) is 0 Å². The third-order valence-corrected chi connectivity index (χ3v) is 3.27. The van der Waals surface area contributed by atoms with Crippen molar-refractivity contribution in [3.63, 3.8) is 0 Å². The highest BCUT2D eigenvalue weighted by atomic mass is 32.1. The SMILES string of the molecule is SCCc1ncc(C2CCCCC2)[nH]1. The highest BCUT2D eigenvalue weighted by Gasteiger charge is 2.17. The van der Waals surface area contributed by atoms with Crippen LogP contribution in [0.2, 0.25) is 0 Å². The Labute approximate surface area is 90.9 Å². The van der Waals surface area contributed by atoms with Gasteiger partial charge in [-0.05, 0) is 18.6 Å². The summed E-state index contributed by atoms with van der Waals surface area (Å²) in [6.45, 7) is 0. The summed E-state index contributed by atoms with van der Waals surface area (Å²) in [5, 5.41) is 0. The Bertz CT molecular complexity index is 277. The summed E-state index contributed by atoms with van der Waals surface area (Å²) in [7, 11) is 0. The lowest BCUT2D eigenvalue weighted by atomic mass is 9.87. The van der Waals surface area contributed by atoms with Crippen LogP contribution in [0.3, 0.4) is 0 Å². The molecule has 0 unspecified atom stereocenters. The topological polar surface area (TPSA) is 28.7 Å². The first kappa shape index (κ1) is 10.1. The van der Waals surface area contributed by atoms with Gasteiger partial charge in [-0.15, -0.1) is 0 Å². The summed E-state index contributed by atoms with van der Waals surface area (Å²) >= 11 is 4.21. The van der Waals surface area contributed by atoms with Crippen molar-refractivity contribution in [1.29, 1.82) is 0 Å². The zero-order valence-corrected chi connectivity index (χ0v) is 9.39. The average Bonchev–Trinajstić information content (AvgIpc) is 2.68. The van der Waals surface area contributed by atoms with E-state index >= 15 is 0 Å². The Morgan fingerprint density at radius 3 is 2.86 bits per heavy atom. The van der Waals surface area contributed by atoms with E-state index in [0.717, 1.165) is 23.9 Å². The molecule has 0 atom stereocenters. The maximum atomic E-state index is 4.38. The van der Waals surface area contributed by atoms with Crippen LogP contribution in [0.5, 0.6) is 0 Å². The van der Waals surface area contributed by atoms with Crippen LogP contribution in [0.15, 0.2) is 6.20 Å². The number of rotatable bonds is 3. The Morgan fingerprint density at radius 2 is 2.14 bits per heavy atom. The molecule has 0 aliphatic heterocycles. The predicted molar refractivity (Wildman–Crippen MR) is 62.0 cm³/mol. The van der Waals surface area contributed by atoms with E-state index in [1.807, 2.05) is 6.20 Å². The lowest BCUT2D eigenvalue weighted by Crippen LogP contribution is -2.04. The first-order chi connectivity index (χ1) is 6.90. The molecule has 1 aliphatic carbocycles. The summed E-state index contributed by atoms with van der Waals surface area (Å²) in [5.41, 5.74) is 1.35. The molecule has 0 aromatic carbocycles. The standard InChI is InChI=1S/C11H18N2S/c14-7-6-11-12-8-10(13-11)9-4-2-1-3-5-9/h8-9,14H,1-7H2,(H,12,13). The Balaban J connectivity index is 2.00. The molecule has 1 saturated carbocycles. The molecule has 1 aliphatic rings. The number of imidazole rings is 1. The van der Waals surface area contributed by atoms with E-state index in [2.05, 4.69) is 22.6 Å². The first-order valence-corrected chi connectivity index (χ1v) is 6.18. The first-order valence-electron chi connectivity index (χ1n) is 5.55. The van der Waals surface area contributed by atoms with Crippen molar-refractivity contribution < 1.29 is 0 Å². The Kier molecular flexibility index (Phi) is 3.51. The third-order valence-electron chi connectivity index (χ3n) is 3.04. The quantitative estimate of drug-likeness (QED) is 0.738.